The Bertz CT molecular complexity index is 1060. The first-order valence-electron chi connectivity index (χ1n) is 7.00. The molecule has 3 aromatic rings. The van der Waals surface area contributed by atoms with Gasteiger partial charge >= 0.3 is 5.69 Å². The van der Waals surface area contributed by atoms with Crippen LogP contribution in [0.1, 0.15) is 5.56 Å². The molecule has 0 radical (unpaired) electrons. The number of rotatable bonds is 3. The standard InChI is InChI=1S/C16H14ClN3O4/c1-7-4-10(18-14-13(7)19-16(22)20-15(14)21)8-5-11(23-2)12(24-3)6-9(8)17/h4-6H,1-3H3,(H2,19,20,21,22). The molecule has 3 rings (SSSR count). The van der Waals surface area contributed by atoms with E-state index in [4.69, 9.17) is 21.1 Å². The Hall–Kier alpha value is -2.80. The van der Waals surface area contributed by atoms with Crippen LogP contribution >= 0.6 is 11.6 Å². The van der Waals surface area contributed by atoms with E-state index in [9.17, 15) is 9.59 Å². The number of fused-ring (bicyclic) bond motifs is 1. The van der Waals surface area contributed by atoms with Crippen molar-refractivity contribution in [2.45, 2.75) is 6.92 Å². The van der Waals surface area contributed by atoms with E-state index in [2.05, 4.69) is 15.0 Å². The van der Waals surface area contributed by atoms with Crippen molar-refractivity contribution in [3.05, 3.63) is 49.6 Å². The highest BCUT2D eigenvalue weighted by Gasteiger charge is 2.15. The van der Waals surface area contributed by atoms with Crippen LogP contribution in [-0.4, -0.2) is 29.2 Å². The van der Waals surface area contributed by atoms with Gasteiger partial charge in [0.1, 0.15) is 0 Å². The van der Waals surface area contributed by atoms with Crippen LogP contribution in [0.5, 0.6) is 11.5 Å². The predicted octanol–water partition coefficient (Wildman–Crippen LogP) is 2.26. The molecule has 1 aromatic carbocycles. The number of benzene rings is 1. The van der Waals surface area contributed by atoms with E-state index in [1.807, 2.05) is 0 Å². The van der Waals surface area contributed by atoms with Crippen molar-refractivity contribution in [1.82, 2.24) is 15.0 Å². The van der Waals surface area contributed by atoms with Crippen LogP contribution in [0.4, 0.5) is 0 Å². The lowest BCUT2D eigenvalue weighted by molar-refractivity contribution is 0.355. The average molecular weight is 348 g/mol. The summed E-state index contributed by atoms with van der Waals surface area (Å²) in [6.07, 6.45) is 0. The molecule has 2 aromatic heterocycles. The van der Waals surface area contributed by atoms with Gasteiger partial charge in [-0.3, -0.25) is 9.78 Å². The number of aromatic nitrogens is 3. The predicted molar refractivity (Wildman–Crippen MR) is 91.3 cm³/mol. The van der Waals surface area contributed by atoms with Crippen molar-refractivity contribution < 1.29 is 9.47 Å². The summed E-state index contributed by atoms with van der Waals surface area (Å²) in [7, 11) is 3.03. The van der Waals surface area contributed by atoms with Gasteiger partial charge in [-0.05, 0) is 24.6 Å². The van der Waals surface area contributed by atoms with E-state index in [0.717, 1.165) is 0 Å². The molecule has 0 aliphatic carbocycles. The fourth-order valence-corrected chi connectivity index (χ4v) is 2.74. The molecule has 2 heterocycles. The number of halogens is 1. The lowest BCUT2D eigenvalue weighted by Gasteiger charge is -2.12. The lowest BCUT2D eigenvalue weighted by atomic mass is 10.1. The molecule has 0 saturated heterocycles. The molecule has 7 nitrogen and oxygen atoms in total. The largest absolute Gasteiger partial charge is 0.493 e. The number of aryl methyl sites for hydroxylation is 1. The van der Waals surface area contributed by atoms with Crippen LogP contribution in [-0.2, 0) is 0 Å². The van der Waals surface area contributed by atoms with Crippen molar-refractivity contribution in [2.24, 2.45) is 0 Å². The second-order valence-electron chi connectivity index (χ2n) is 5.14. The van der Waals surface area contributed by atoms with Gasteiger partial charge in [0.25, 0.3) is 5.56 Å². The zero-order valence-corrected chi connectivity index (χ0v) is 13.9. The monoisotopic (exact) mass is 347 g/mol. The van der Waals surface area contributed by atoms with Gasteiger partial charge in [0.15, 0.2) is 17.0 Å². The van der Waals surface area contributed by atoms with Crippen LogP contribution < -0.4 is 20.7 Å². The fourth-order valence-electron chi connectivity index (χ4n) is 2.49. The van der Waals surface area contributed by atoms with Gasteiger partial charge in [-0.2, -0.15) is 0 Å². The number of aromatic amines is 2. The van der Waals surface area contributed by atoms with Gasteiger partial charge in [-0.25, -0.2) is 9.78 Å². The van der Waals surface area contributed by atoms with E-state index in [1.54, 1.807) is 25.1 Å². The number of nitrogens with zero attached hydrogens (tertiary/aromatic N) is 1. The molecule has 0 spiro atoms. The van der Waals surface area contributed by atoms with Crippen LogP contribution in [0.15, 0.2) is 27.8 Å². The summed E-state index contributed by atoms with van der Waals surface area (Å²) in [5, 5.41) is 0.403. The summed E-state index contributed by atoms with van der Waals surface area (Å²) < 4.78 is 10.5. The lowest BCUT2D eigenvalue weighted by Crippen LogP contribution is -2.23. The Morgan fingerprint density at radius 3 is 2.38 bits per heavy atom. The van der Waals surface area contributed by atoms with E-state index in [0.29, 0.717) is 38.9 Å². The van der Waals surface area contributed by atoms with Crippen molar-refractivity contribution in [3.63, 3.8) is 0 Å². The fraction of sp³-hybridized carbons (Fsp3) is 0.188. The second kappa shape index (κ2) is 6.01. The highest BCUT2D eigenvalue weighted by molar-refractivity contribution is 6.33. The highest BCUT2D eigenvalue weighted by Crippen LogP contribution is 2.38. The smallest absolute Gasteiger partial charge is 0.326 e. The Morgan fingerprint density at radius 1 is 1.04 bits per heavy atom. The van der Waals surface area contributed by atoms with Crippen LogP contribution in [0, 0.1) is 6.92 Å². The summed E-state index contributed by atoms with van der Waals surface area (Å²) in [4.78, 5) is 32.6. The number of pyridine rings is 1. The number of methoxy groups -OCH3 is 2. The summed E-state index contributed by atoms with van der Waals surface area (Å²) in [5.41, 5.74) is 1.17. The first kappa shape index (κ1) is 16.1. The third-order valence-corrected chi connectivity index (χ3v) is 3.96. The van der Waals surface area contributed by atoms with E-state index in [-0.39, 0.29) is 5.52 Å². The number of hydrogen-bond acceptors (Lipinski definition) is 5. The van der Waals surface area contributed by atoms with Crippen LogP contribution in [0.3, 0.4) is 0 Å². The molecule has 0 aliphatic heterocycles. The quantitative estimate of drug-likeness (QED) is 0.757. The third-order valence-electron chi connectivity index (χ3n) is 3.65. The molecule has 0 aliphatic rings. The molecular weight excluding hydrogens is 334 g/mol. The van der Waals surface area contributed by atoms with E-state index >= 15 is 0 Å². The molecule has 2 N–H and O–H groups in total. The normalized spacial score (nSPS) is 10.8. The summed E-state index contributed by atoms with van der Waals surface area (Å²) in [6, 6.07) is 5.05. The number of nitrogens with one attached hydrogen (secondary N) is 2. The molecular formula is C16H14ClN3O4. The molecule has 0 atom stereocenters. The minimum atomic E-state index is -0.575. The Labute approximate surface area is 141 Å². The van der Waals surface area contributed by atoms with E-state index < -0.39 is 11.2 Å². The zero-order valence-electron chi connectivity index (χ0n) is 13.2. The minimum absolute atomic E-state index is 0.135. The maximum Gasteiger partial charge on any atom is 0.326 e. The topological polar surface area (TPSA) is 97.1 Å². The second-order valence-corrected chi connectivity index (χ2v) is 5.55. The van der Waals surface area contributed by atoms with Crippen molar-refractivity contribution in [1.29, 1.82) is 0 Å². The third kappa shape index (κ3) is 2.63. The number of ether oxygens (including phenoxy) is 2. The molecule has 0 fully saturated rings. The minimum Gasteiger partial charge on any atom is -0.493 e. The Kier molecular flexibility index (Phi) is 4.02. The molecule has 8 heteroatoms. The van der Waals surface area contributed by atoms with Gasteiger partial charge in [0.05, 0.1) is 30.5 Å². The Morgan fingerprint density at radius 2 is 1.71 bits per heavy atom. The van der Waals surface area contributed by atoms with Crippen molar-refractivity contribution >= 4 is 22.6 Å². The number of H-pyrrole nitrogens is 2. The SMILES string of the molecule is COc1cc(Cl)c(-c2cc(C)c3[nH]c(=O)[nH]c(=O)c3n2)cc1OC. The first-order chi connectivity index (χ1) is 11.4. The highest BCUT2D eigenvalue weighted by atomic mass is 35.5. The van der Waals surface area contributed by atoms with Crippen molar-refractivity contribution in [3.8, 4) is 22.8 Å². The molecule has 0 amide bonds. The first-order valence-corrected chi connectivity index (χ1v) is 7.38. The molecule has 24 heavy (non-hydrogen) atoms. The number of hydrogen-bond donors (Lipinski definition) is 2. The van der Waals surface area contributed by atoms with Crippen LogP contribution in [0.2, 0.25) is 5.02 Å². The zero-order chi connectivity index (χ0) is 17.4. The van der Waals surface area contributed by atoms with Gasteiger partial charge in [-0.1, -0.05) is 11.6 Å². The summed E-state index contributed by atoms with van der Waals surface area (Å²) in [6.45, 7) is 1.78. The van der Waals surface area contributed by atoms with Gasteiger partial charge in [0.2, 0.25) is 0 Å². The Balaban J connectivity index is 2.31. The molecule has 0 unspecified atom stereocenters. The molecule has 0 saturated carbocycles. The average Bonchev–Trinajstić information content (AvgIpc) is 2.55. The maximum absolute atomic E-state index is 12.0. The summed E-state index contributed by atoms with van der Waals surface area (Å²) in [5.74, 6) is 0.984. The molecule has 0 bridgehead atoms. The van der Waals surface area contributed by atoms with Gasteiger partial charge in [-0.15, -0.1) is 0 Å². The molecule has 124 valence electrons. The van der Waals surface area contributed by atoms with Crippen molar-refractivity contribution in [2.75, 3.05) is 14.2 Å². The maximum atomic E-state index is 12.0. The van der Waals surface area contributed by atoms with Gasteiger partial charge in [0, 0.05) is 11.6 Å². The van der Waals surface area contributed by atoms with E-state index in [1.165, 1.54) is 14.2 Å². The van der Waals surface area contributed by atoms with Crippen LogP contribution in [0.25, 0.3) is 22.3 Å². The van der Waals surface area contributed by atoms with Gasteiger partial charge < -0.3 is 14.5 Å². The summed E-state index contributed by atoms with van der Waals surface area (Å²) >= 11 is 6.32.